The molecule has 0 bridgehead atoms. The summed E-state index contributed by atoms with van der Waals surface area (Å²) in [5.41, 5.74) is 0. The first-order valence-corrected chi connectivity index (χ1v) is 5.88. The van der Waals surface area contributed by atoms with E-state index in [4.69, 9.17) is 5.11 Å². The second-order valence-electron chi connectivity index (χ2n) is 4.75. The lowest BCUT2D eigenvalue weighted by molar-refractivity contribution is -0.140. The molecule has 6 heteroatoms. The van der Waals surface area contributed by atoms with E-state index < -0.39 is 24.1 Å². The Kier molecular flexibility index (Phi) is 4.74. The third-order valence-corrected chi connectivity index (χ3v) is 2.90. The Morgan fingerprint density at radius 1 is 1.41 bits per heavy atom. The van der Waals surface area contributed by atoms with Gasteiger partial charge in [0.1, 0.15) is 6.04 Å². The molecule has 17 heavy (non-hydrogen) atoms. The molecule has 2 amide bonds. The first-order valence-electron chi connectivity index (χ1n) is 5.88. The Morgan fingerprint density at radius 2 is 2.06 bits per heavy atom. The second-order valence-corrected chi connectivity index (χ2v) is 4.75. The molecule has 1 fully saturated rings. The van der Waals surface area contributed by atoms with E-state index in [0.717, 1.165) is 6.42 Å². The summed E-state index contributed by atoms with van der Waals surface area (Å²) < 4.78 is 0. The number of β-amino-alcohol motifs (C(OH)–C–C–N with tert-alkyl or cyclic N) is 1. The van der Waals surface area contributed by atoms with E-state index in [1.807, 2.05) is 0 Å². The summed E-state index contributed by atoms with van der Waals surface area (Å²) >= 11 is 0. The predicted octanol–water partition coefficient (Wildman–Crippen LogP) is 0.262. The van der Waals surface area contributed by atoms with E-state index >= 15 is 0 Å². The summed E-state index contributed by atoms with van der Waals surface area (Å²) in [4.78, 5) is 24.2. The number of aliphatic hydroxyl groups is 1. The van der Waals surface area contributed by atoms with Crippen molar-refractivity contribution >= 4 is 12.0 Å². The van der Waals surface area contributed by atoms with Gasteiger partial charge >= 0.3 is 12.0 Å². The molecular weight excluding hydrogens is 224 g/mol. The number of carboxylic acid groups (broad SMARTS) is 1. The number of likely N-dealkylation sites (tertiary alicyclic amines) is 1. The van der Waals surface area contributed by atoms with Crippen LogP contribution in [0.4, 0.5) is 4.79 Å². The molecule has 98 valence electrons. The minimum absolute atomic E-state index is 0.175. The van der Waals surface area contributed by atoms with Gasteiger partial charge in [-0.05, 0) is 18.8 Å². The van der Waals surface area contributed by atoms with Gasteiger partial charge < -0.3 is 20.4 Å². The molecule has 1 aliphatic heterocycles. The summed E-state index contributed by atoms with van der Waals surface area (Å²) in [6, 6.07) is -1.30. The van der Waals surface area contributed by atoms with Gasteiger partial charge in [-0.15, -0.1) is 0 Å². The molecule has 6 nitrogen and oxygen atoms in total. The van der Waals surface area contributed by atoms with Crippen molar-refractivity contribution in [1.82, 2.24) is 10.2 Å². The van der Waals surface area contributed by atoms with Crippen molar-refractivity contribution in [2.75, 3.05) is 13.1 Å². The normalized spacial score (nSPS) is 22.4. The van der Waals surface area contributed by atoms with Crippen molar-refractivity contribution in [1.29, 1.82) is 0 Å². The highest BCUT2D eigenvalue weighted by molar-refractivity contribution is 5.82. The maximum absolute atomic E-state index is 11.8. The van der Waals surface area contributed by atoms with Crippen LogP contribution in [0.25, 0.3) is 0 Å². The highest BCUT2D eigenvalue weighted by Crippen LogP contribution is 2.10. The van der Waals surface area contributed by atoms with E-state index in [2.05, 4.69) is 5.32 Å². The molecule has 0 aromatic heterocycles. The maximum atomic E-state index is 11.8. The summed E-state index contributed by atoms with van der Waals surface area (Å²) in [7, 11) is 0. The quantitative estimate of drug-likeness (QED) is 0.664. The van der Waals surface area contributed by atoms with E-state index in [9.17, 15) is 14.7 Å². The second kappa shape index (κ2) is 5.86. The Bertz CT molecular complexity index is 293. The smallest absolute Gasteiger partial charge is 0.326 e. The average Bonchev–Trinajstić information content (AvgIpc) is 2.24. The molecule has 1 aliphatic rings. The van der Waals surface area contributed by atoms with Crippen LogP contribution < -0.4 is 5.32 Å². The number of nitrogens with one attached hydrogen (secondary N) is 1. The number of hydrogen-bond acceptors (Lipinski definition) is 3. The monoisotopic (exact) mass is 244 g/mol. The van der Waals surface area contributed by atoms with Crippen LogP contribution in [0, 0.1) is 5.92 Å². The number of aliphatic hydroxyl groups excluding tert-OH is 1. The Balaban J connectivity index is 2.54. The zero-order valence-corrected chi connectivity index (χ0v) is 10.2. The molecule has 1 unspecified atom stereocenters. The van der Waals surface area contributed by atoms with Gasteiger partial charge in [0, 0.05) is 13.1 Å². The van der Waals surface area contributed by atoms with Crippen LogP contribution in [0.1, 0.15) is 26.7 Å². The fraction of sp³-hybridized carbons (Fsp3) is 0.818. The van der Waals surface area contributed by atoms with Crippen LogP contribution >= 0.6 is 0 Å². The van der Waals surface area contributed by atoms with Crippen LogP contribution in [-0.2, 0) is 4.79 Å². The summed E-state index contributed by atoms with van der Waals surface area (Å²) in [5.74, 6) is -1.21. The number of urea groups is 1. The van der Waals surface area contributed by atoms with Crippen molar-refractivity contribution < 1.29 is 19.8 Å². The first kappa shape index (κ1) is 13.8. The lowest BCUT2D eigenvalue weighted by Gasteiger charge is -2.31. The van der Waals surface area contributed by atoms with E-state index in [0.29, 0.717) is 13.0 Å². The molecular formula is C11H20N2O4. The van der Waals surface area contributed by atoms with Crippen molar-refractivity contribution in [3.63, 3.8) is 0 Å². The fourth-order valence-electron chi connectivity index (χ4n) is 1.88. The minimum Gasteiger partial charge on any atom is -0.480 e. The number of carbonyl (C=O) groups excluding carboxylic acids is 1. The van der Waals surface area contributed by atoms with Gasteiger partial charge in [0.05, 0.1) is 6.10 Å². The van der Waals surface area contributed by atoms with Gasteiger partial charge in [0.15, 0.2) is 0 Å². The highest BCUT2D eigenvalue weighted by atomic mass is 16.4. The van der Waals surface area contributed by atoms with Crippen molar-refractivity contribution in [3.05, 3.63) is 0 Å². The Labute approximate surface area is 101 Å². The standard InChI is InChI=1S/C11H20N2O4/c1-7(2)9(10(15)16)12-11(17)13-5-3-4-8(14)6-13/h7-9,14H,3-6H2,1-2H3,(H,12,17)(H,15,16)/t8?,9-/m1/s1. The van der Waals surface area contributed by atoms with E-state index in [-0.39, 0.29) is 12.5 Å². The summed E-state index contributed by atoms with van der Waals surface area (Å²) in [5, 5.41) is 20.9. The van der Waals surface area contributed by atoms with Gasteiger partial charge in [-0.1, -0.05) is 13.8 Å². The predicted molar refractivity (Wildman–Crippen MR) is 61.6 cm³/mol. The Morgan fingerprint density at radius 3 is 2.53 bits per heavy atom. The van der Waals surface area contributed by atoms with Gasteiger partial charge in [-0.3, -0.25) is 0 Å². The first-order chi connectivity index (χ1) is 7.91. The van der Waals surface area contributed by atoms with Gasteiger partial charge in [-0.2, -0.15) is 0 Å². The molecule has 3 N–H and O–H groups in total. The summed E-state index contributed by atoms with van der Waals surface area (Å²) in [6.45, 7) is 4.32. The molecule has 1 rings (SSSR count). The number of nitrogens with zero attached hydrogens (tertiary/aromatic N) is 1. The summed E-state index contributed by atoms with van der Waals surface area (Å²) in [6.07, 6.45) is 0.932. The lowest BCUT2D eigenvalue weighted by atomic mass is 10.0. The third kappa shape index (κ3) is 3.89. The molecule has 0 spiro atoms. The highest BCUT2D eigenvalue weighted by Gasteiger charge is 2.28. The van der Waals surface area contributed by atoms with Crippen molar-refractivity contribution in [3.8, 4) is 0 Å². The van der Waals surface area contributed by atoms with Crippen LogP contribution in [0.15, 0.2) is 0 Å². The number of carbonyl (C=O) groups is 2. The van der Waals surface area contributed by atoms with E-state index in [1.165, 1.54) is 4.90 Å². The van der Waals surface area contributed by atoms with Gasteiger partial charge in [0.2, 0.25) is 0 Å². The van der Waals surface area contributed by atoms with Gasteiger partial charge in [0.25, 0.3) is 0 Å². The number of carboxylic acids is 1. The number of amides is 2. The van der Waals surface area contributed by atoms with Gasteiger partial charge in [-0.25, -0.2) is 9.59 Å². The molecule has 1 saturated heterocycles. The van der Waals surface area contributed by atoms with Crippen LogP contribution in [0.2, 0.25) is 0 Å². The molecule has 0 aliphatic carbocycles. The molecule has 1 heterocycles. The fourth-order valence-corrected chi connectivity index (χ4v) is 1.88. The Hall–Kier alpha value is -1.30. The maximum Gasteiger partial charge on any atom is 0.326 e. The largest absolute Gasteiger partial charge is 0.480 e. The van der Waals surface area contributed by atoms with Crippen molar-refractivity contribution in [2.45, 2.75) is 38.8 Å². The van der Waals surface area contributed by atoms with E-state index in [1.54, 1.807) is 13.8 Å². The molecule has 0 saturated carbocycles. The average molecular weight is 244 g/mol. The minimum atomic E-state index is -1.04. The third-order valence-electron chi connectivity index (χ3n) is 2.90. The molecule has 0 aromatic rings. The molecule has 0 aromatic carbocycles. The zero-order chi connectivity index (χ0) is 13.0. The SMILES string of the molecule is CC(C)[C@@H](NC(=O)N1CCCC(O)C1)C(=O)O. The lowest BCUT2D eigenvalue weighted by Crippen LogP contribution is -2.53. The number of aliphatic carboxylic acids is 1. The number of hydrogen-bond donors (Lipinski definition) is 3. The van der Waals surface area contributed by atoms with Crippen LogP contribution in [0.5, 0.6) is 0 Å². The topological polar surface area (TPSA) is 89.9 Å². The number of rotatable bonds is 3. The van der Waals surface area contributed by atoms with Crippen LogP contribution in [0.3, 0.4) is 0 Å². The molecule has 0 radical (unpaired) electrons. The van der Waals surface area contributed by atoms with Crippen LogP contribution in [-0.4, -0.2) is 52.3 Å². The van der Waals surface area contributed by atoms with Crippen molar-refractivity contribution in [2.24, 2.45) is 5.92 Å². The number of piperidine rings is 1. The zero-order valence-electron chi connectivity index (χ0n) is 10.2. The molecule has 2 atom stereocenters.